The Morgan fingerprint density at radius 2 is 2.05 bits per heavy atom. The van der Waals surface area contributed by atoms with Gasteiger partial charge in [-0.15, -0.1) is 0 Å². The maximum atomic E-state index is 8.76. The minimum Gasteiger partial charge on any atom is -0.497 e. The Kier molecular flexibility index (Phi) is 4.25. The van der Waals surface area contributed by atoms with E-state index >= 15 is 0 Å². The SMILES string of the molecule is COc1ccc(Sc2ncccc2/C(N)=N/O)cc1. The molecule has 3 N–H and O–H groups in total. The summed E-state index contributed by atoms with van der Waals surface area (Å²) in [7, 11) is 1.62. The molecule has 0 aliphatic rings. The van der Waals surface area contributed by atoms with Gasteiger partial charge < -0.3 is 15.7 Å². The summed E-state index contributed by atoms with van der Waals surface area (Å²) < 4.78 is 5.10. The molecule has 0 saturated carbocycles. The number of nitrogens with two attached hydrogens (primary N) is 1. The summed E-state index contributed by atoms with van der Waals surface area (Å²) >= 11 is 1.44. The van der Waals surface area contributed by atoms with Crippen LogP contribution in [0.3, 0.4) is 0 Å². The standard InChI is InChI=1S/C13H13N3O2S/c1-18-9-4-6-10(7-5-9)19-13-11(12(14)16-17)3-2-8-15-13/h2-8,17H,1H3,(H2,14,16). The van der Waals surface area contributed by atoms with Crippen molar-refractivity contribution in [2.75, 3.05) is 7.11 Å². The van der Waals surface area contributed by atoms with Crippen molar-refractivity contribution in [1.82, 2.24) is 4.98 Å². The summed E-state index contributed by atoms with van der Waals surface area (Å²) in [6.07, 6.45) is 1.67. The monoisotopic (exact) mass is 275 g/mol. The fourth-order valence-corrected chi connectivity index (χ4v) is 2.37. The Morgan fingerprint density at radius 3 is 2.68 bits per heavy atom. The van der Waals surface area contributed by atoms with Crippen molar-refractivity contribution in [3.05, 3.63) is 48.2 Å². The summed E-state index contributed by atoms with van der Waals surface area (Å²) in [6.45, 7) is 0. The second-order valence-electron chi connectivity index (χ2n) is 3.62. The van der Waals surface area contributed by atoms with E-state index in [-0.39, 0.29) is 5.84 Å². The number of benzene rings is 1. The molecule has 0 amide bonds. The minimum absolute atomic E-state index is 0.0455. The number of hydrogen-bond donors (Lipinski definition) is 2. The summed E-state index contributed by atoms with van der Waals surface area (Å²) in [5.74, 6) is 0.839. The fourth-order valence-electron chi connectivity index (χ4n) is 1.48. The highest BCUT2D eigenvalue weighted by Crippen LogP contribution is 2.29. The molecule has 0 saturated heterocycles. The number of pyridine rings is 1. The van der Waals surface area contributed by atoms with Crippen molar-refractivity contribution in [1.29, 1.82) is 0 Å². The maximum Gasteiger partial charge on any atom is 0.172 e. The summed E-state index contributed by atoms with van der Waals surface area (Å²) in [5, 5.41) is 12.4. The zero-order chi connectivity index (χ0) is 13.7. The first-order valence-electron chi connectivity index (χ1n) is 5.49. The number of methoxy groups -OCH3 is 1. The van der Waals surface area contributed by atoms with E-state index in [9.17, 15) is 0 Å². The van der Waals surface area contributed by atoms with Gasteiger partial charge >= 0.3 is 0 Å². The van der Waals surface area contributed by atoms with Crippen molar-refractivity contribution < 1.29 is 9.94 Å². The Balaban J connectivity index is 2.27. The largest absolute Gasteiger partial charge is 0.497 e. The minimum atomic E-state index is 0.0455. The molecule has 1 aromatic heterocycles. The smallest absolute Gasteiger partial charge is 0.172 e. The maximum absolute atomic E-state index is 8.76. The molecule has 5 nitrogen and oxygen atoms in total. The second kappa shape index (κ2) is 6.10. The predicted octanol–water partition coefficient (Wildman–Crippen LogP) is 2.34. The van der Waals surface area contributed by atoms with Crippen LogP contribution in [0.1, 0.15) is 5.56 Å². The van der Waals surface area contributed by atoms with Crippen LogP contribution in [-0.2, 0) is 0 Å². The van der Waals surface area contributed by atoms with E-state index in [0.29, 0.717) is 10.6 Å². The third kappa shape index (κ3) is 3.17. The van der Waals surface area contributed by atoms with Crippen molar-refractivity contribution >= 4 is 17.6 Å². The average molecular weight is 275 g/mol. The van der Waals surface area contributed by atoms with Crippen molar-refractivity contribution in [2.24, 2.45) is 10.9 Å². The number of nitrogens with zero attached hydrogens (tertiary/aromatic N) is 2. The molecular formula is C13H13N3O2S. The first kappa shape index (κ1) is 13.2. The highest BCUT2D eigenvalue weighted by Gasteiger charge is 2.09. The van der Waals surface area contributed by atoms with Crippen LogP contribution in [0.4, 0.5) is 0 Å². The van der Waals surface area contributed by atoms with Crippen LogP contribution in [0, 0.1) is 0 Å². The molecule has 0 aliphatic carbocycles. The third-order valence-electron chi connectivity index (χ3n) is 2.43. The molecule has 0 aliphatic heterocycles. The van der Waals surface area contributed by atoms with Gasteiger partial charge in [0.15, 0.2) is 5.84 Å². The lowest BCUT2D eigenvalue weighted by Crippen LogP contribution is -2.14. The highest BCUT2D eigenvalue weighted by molar-refractivity contribution is 7.99. The van der Waals surface area contributed by atoms with Gasteiger partial charge in [-0.3, -0.25) is 0 Å². The topological polar surface area (TPSA) is 80.7 Å². The van der Waals surface area contributed by atoms with E-state index in [0.717, 1.165) is 10.6 Å². The van der Waals surface area contributed by atoms with Crippen LogP contribution >= 0.6 is 11.8 Å². The van der Waals surface area contributed by atoms with Crippen molar-refractivity contribution in [3.63, 3.8) is 0 Å². The molecule has 1 aromatic carbocycles. The van der Waals surface area contributed by atoms with Crippen LogP contribution in [0.15, 0.2) is 57.7 Å². The quantitative estimate of drug-likeness (QED) is 0.387. The number of ether oxygens (including phenoxy) is 1. The lowest BCUT2D eigenvalue weighted by molar-refractivity contribution is 0.318. The van der Waals surface area contributed by atoms with E-state index < -0.39 is 0 Å². The van der Waals surface area contributed by atoms with Gasteiger partial charge in [0.25, 0.3) is 0 Å². The summed E-state index contributed by atoms with van der Waals surface area (Å²) in [5.41, 5.74) is 6.22. The predicted molar refractivity (Wildman–Crippen MR) is 73.9 cm³/mol. The highest BCUT2D eigenvalue weighted by atomic mass is 32.2. The summed E-state index contributed by atoms with van der Waals surface area (Å²) in [6, 6.07) is 11.1. The van der Waals surface area contributed by atoms with Crippen molar-refractivity contribution in [3.8, 4) is 5.75 Å². The Morgan fingerprint density at radius 1 is 1.32 bits per heavy atom. The normalized spacial score (nSPS) is 11.3. The van der Waals surface area contributed by atoms with Gasteiger partial charge in [-0.05, 0) is 36.4 Å². The molecule has 19 heavy (non-hydrogen) atoms. The Hall–Kier alpha value is -2.21. The number of hydrogen-bond acceptors (Lipinski definition) is 5. The van der Waals surface area contributed by atoms with E-state index in [1.807, 2.05) is 24.3 Å². The van der Waals surface area contributed by atoms with Gasteiger partial charge in [0.2, 0.25) is 0 Å². The molecule has 98 valence electrons. The second-order valence-corrected chi connectivity index (χ2v) is 4.68. The summed E-state index contributed by atoms with van der Waals surface area (Å²) in [4.78, 5) is 5.24. The number of oxime groups is 1. The van der Waals surface area contributed by atoms with Crippen LogP contribution in [0.5, 0.6) is 5.75 Å². The molecule has 2 aromatic rings. The van der Waals surface area contributed by atoms with E-state index in [1.54, 1.807) is 25.4 Å². The lowest BCUT2D eigenvalue weighted by atomic mass is 10.3. The number of amidine groups is 1. The molecule has 0 spiro atoms. The van der Waals surface area contributed by atoms with Gasteiger partial charge in [0.1, 0.15) is 10.8 Å². The molecule has 0 bridgehead atoms. The number of aromatic nitrogens is 1. The van der Waals surface area contributed by atoms with Crippen LogP contribution in [0.25, 0.3) is 0 Å². The fraction of sp³-hybridized carbons (Fsp3) is 0.0769. The van der Waals surface area contributed by atoms with E-state index in [4.69, 9.17) is 15.7 Å². The Labute approximate surface area is 115 Å². The van der Waals surface area contributed by atoms with Crippen LogP contribution in [0.2, 0.25) is 0 Å². The lowest BCUT2D eigenvalue weighted by Gasteiger charge is -2.07. The number of rotatable bonds is 4. The van der Waals surface area contributed by atoms with Crippen molar-refractivity contribution in [2.45, 2.75) is 9.92 Å². The van der Waals surface area contributed by atoms with Gasteiger partial charge in [-0.2, -0.15) is 0 Å². The van der Waals surface area contributed by atoms with Crippen LogP contribution < -0.4 is 10.5 Å². The third-order valence-corrected chi connectivity index (χ3v) is 3.46. The first-order chi connectivity index (χ1) is 9.24. The van der Waals surface area contributed by atoms with Crippen LogP contribution in [-0.4, -0.2) is 23.1 Å². The van der Waals surface area contributed by atoms with E-state index in [2.05, 4.69) is 10.1 Å². The average Bonchev–Trinajstić information content (AvgIpc) is 2.48. The van der Waals surface area contributed by atoms with Gasteiger partial charge in [0, 0.05) is 11.1 Å². The molecular weight excluding hydrogens is 262 g/mol. The van der Waals surface area contributed by atoms with Gasteiger partial charge in [0.05, 0.1) is 12.7 Å². The zero-order valence-corrected chi connectivity index (χ0v) is 11.1. The van der Waals surface area contributed by atoms with Gasteiger partial charge in [-0.1, -0.05) is 16.9 Å². The molecule has 0 atom stereocenters. The van der Waals surface area contributed by atoms with E-state index in [1.165, 1.54) is 11.8 Å². The molecule has 6 heteroatoms. The molecule has 0 radical (unpaired) electrons. The molecule has 0 unspecified atom stereocenters. The molecule has 2 rings (SSSR count). The Bertz CT molecular complexity index is 585. The van der Waals surface area contributed by atoms with Gasteiger partial charge in [-0.25, -0.2) is 4.98 Å². The molecule has 0 fully saturated rings. The first-order valence-corrected chi connectivity index (χ1v) is 6.31. The zero-order valence-electron chi connectivity index (χ0n) is 10.3. The molecule has 1 heterocycles.